The van der Waals surface area contributed by atoms with Gasteiger partial charge >= 0.3 is 0 Å². The molecule has 0 amide bonds. The number of aryl methyl sites for hydroxylation is 1. The van der Waals surface area contributed by atoms with E-state index in [1.807, 2.05) is 19.3 Å². The number of nitrogens with zero attached hydrogens (tertiary/aromatic N) is 2. The average Bonchev–Trinajstić information content (AvgIpc) is 2.47. The third-order valence-electron chi connectivity index (χ3n) is 1.46. The van der Waals surface area contributed by atoms with Crippen LogP contribution in [0.1, 0.15) is 5.69 Å². The second-order valence-electron chi connectivity index (χ2n) is 2.36. The lowest BCUT2D eigenvalue weighted by molar-refractivity contribution is 0.763. The maximum atomic E-state index is 5.38. The minimum Gasteiger partial charge on any atom is -0.405 e. The van der Waals surface area contributed by atoms with E-state index >= 15 is 0 Å². The van der Waals surface area contributed by atoms with Gasteiger partial charge < -0.3 is 11.5 Å². The Balaban J connectivity index is 2.96. The van der Waals surface area contributed by atoms with Gasteiger partial charge in [-0.3, -0.25) is 4.68 Å². The first-order chi connectivity index (χ1) is 5.77. The molecule has 0 aliphatic heterocycles. The van der Waals surface area contributed by atoms with E-state index in [2.05, 4.69) is 5.10 Å². The molecule has 0 saturated carbocycles. The molecule has 1 aromatic heterocycles. The minimum atomic E-state index is 0.818. The molecule has 12 heavy (non-hydrogen) atoms. The van der Waals surface area contributed by atoms with Gasteiger partial charge in [0.2, 0.25) is 0 Å². The molecule has 0 saturated heterocycles. The van der Waals surface area contributed by atoms with Crippen molar-refractivity contribution in [2.45, 2.75) is 0 Å². The Labute approximate surface area is 71.2 Å². The fourth-order valence-corrected chi connectivity index (χ4v) is 0.899. The molecule has 0 spiro atoms. The Morgan fingerprint density at radius 3 is 2.75 bits per heavy atom. The summed E-state index contributed by atoms with van der Waals surface area (Å²) >= 11 is 0. The smallest absolute Gasteiger partial charge is 0.0937 e. The van der Waals surface area contributed by atoms with Crippen LogP contribution in [0.2, 0.25) is 0 Å². The van der Waals surface area contributed by atoms with Crippen molar-refractivity contribution in [2.24, 2.45) is 18.5 Å². The normalized spacial score (nSPS) is 12.6. The van der Waals surface area contributed by atoms with E-state index in [0.29, 0.717) is 0 Å². The third kappa shape index (κ3) is 1.66. The second kappa shape index (κ2) is 3.61. The van der Waals surface area contributed by atoms with Crippen molar-refractivity contribution >= 4 is 5.57 Å². The van der Waals surface area contributed by atoms with Crippen LogP contribution in [-0.2, 0) is 7.05 Å². The molecule has 1 aromatic rings. The molecule has 0 unspecified atom stereocenters. The summed E-state index contributed by atoms with van der Waals surface area (Å²) in [5.74, 6) is 0. The molecule has 0 atom stereocenters. The van der Waals surface area contributed by atoms with Gasteiger partial charge in [-0.25, -0.2) is 0 Å². The Morgan fingerprint density at radius 1 is 1.58 bits per heavy atom. The fourth-order valence-electron chi connectivity index (χ4n) is 0.899. The van der Waals surface area contributed by atoms with Gasteiger partial charge in [0.25, 0.3) is 0 Å². The Hall–Kier alpha value is -1.71. The zero-order chi connectivity index (χ0) is 8.97. The lowest BCUT2D eigenvalue weighted by atomic mass is 10.2. The summed E-state index contributed by atoms with van der Waals surface area (Å²) in [6.45, 7) is 0. The molecule has 4 nitrogen and oxygen atoms in total. The number of hydrogen-bond acceptors (Lipinski definition) is 3. The zero-order valence-corrected chi connectivity index (χ0v) is 6.94. The van der Waals surface area contributed by atoms with Gasteiger partial charge in [0.1, 0.15) is 0 Å². The lowest BCUT2D eigenvalue weighted by Gasteiger charge is -1.93. The van der Waals surface area contributed by atoms with Crippen LogP contribution in [0.3, 0.4) is 0 Å². The first-order valence-electron chi connectivity index (χ1n) is 3.58. The highest BCUT2D eigenvalue weighted by molar-refractivity contribution is 5.70. The number of allylic oxidation sites excluding steroid dienone is 2. The largest absolute Gasteiger partial charge is 0.405 e. The molecule has 0 radical (unpaired) electrons. The molecule has 0 bridgehead atoms. The molecular formula is C8H12N4. The molecule has 64 valence electrons. The van der Waals surface area contributed by atoms with Crippen molar-refractivity contribution in [1.82, 2.24) is 9.78 Å². The predicted molar refractivity (Wildman–Crippen MR) is 48.7 cm³/mol. The molecule has 0 fully saturated rings. The summed E-state index contributed by atoms with van der Waals surface area (Å²) in [7, 11) is 1.85. The van der Waals surface area contributed by atoms with Gasteiger partial charge in [-0.05, 0) is 18.3 Å². The highest BCUT2D eigenvalue weighted by Gasteiger charge is 1.99. The van der Waals surface area contributed by atoms with Crippen molar-refractivity contribution in [3.05, 3.63) is 36.4 Å². The molecule has 1 heterocycles. The maximum Gasteiger partial charge on any atom is 0.0937 e. The van der Waals surface area contributed by atoms with E-state index in [-0.39, 0.29) is 0 Å². The van der Waals surface area contributed by atoms with Gasteiger partial charge in [-0.15, -0.1) is 0 Å². The Bertz CT molecular complexity index is 309. The summed E-state index contributed by atoms with van der Waals surface area (Å²) in [6.07, 6.45) is 6.48. The van der Waals surface area contributed by atoms with E-state index in [1.165, 1.54) is 12.4 Å². The average molecular weight is 164 g/mol. The first kappa shape index (κ1) is 8.39. The number of nitrogens with two attached hydrogens (primary N) is 2. The molecular weight excluding hydrogens is 152 g/mol. The number of hydrogen-bond donors (Lipinski definition) is 2. The van der Waals surface area contributed by atoms with Crippen LogP contribution in [0.5, 0.6) is 0 Å². The first-order valence-corrected chi connectivity index (χ1v) is 3.58. The summed E-state index contributed by atoms with van der Waals surface area (Å²) in [6, 6.07) is 1.87. The van der Waals surface area contributed by atoms with Gasteiger partial charge in [-0.1, -0.05) is 0 Å². The molecule has 0 aromatic carbocycles. The van der Waals surface area contributed by atoms with Crippen LogP contribution < -0.4 is 11.5 Å². The fraction of sp³-hybridized carbons (Fsp3) is 0.125. The standard InChI is InChI=1S/C8H12N4/c1-12-5-3-8(11-12)7(6-10)2-4-9/h2-6H,9-10H2,1H3/b4-2-,7-6+. The van der Waals surface area contributed by atoms with Crippen molar-refractivity contribution in [1.29, 1.82) is 0 Å². The second-order valence-corrected chi connectivity index (χ2v) is 2.36. The van der Waals surface area contributed by atoms with Crippen LogP contribution in [0.4, 0.5) is 0 Å². The van der Waals surface area contributed by atoms with Crippen LogP contribution in [0, 0.1) is 0 Å². The highest BCUT2D eigenvalue weighted by atomic mass is 15.2. The van der Waals surface area contributed by atoms with Crippen molar-refractivity contribution < 1.29 is 0 Å². The van der Waals surface area contributed by atoms with Crippen molar-refractivity contribution in [2.75, 3.05) is 0 Å². The molecule has 4 heteroatoms. The molecule has 0 aliphatic carbocycles. The van der Waals surface area contributed by atoms with Crippen LogP contribution in [0.25, 0.3) is 5.57 Å². The van der Waals surface area contributed by atoms with Gasteiger partial charge in [0.15, 0.2) is 0 Å². The third-order valence-corrected chi connectivity index (χ3v) is 1.46. The highest BCUT2D eigenvalue weighted by Crippen LogP contribution is 2.10. The van der Waals surface area contributed by atoms with Crippen molar-refractivity contribution in [3.8, 4) is 0 Å². The lowest BCUT2D eigenvalue weighted by Crippen LogP contribution is -1.92. The monoisotopic (exact) mass is 164 g/mol. The van der Waals surface area contributed by atoms with Crippen LogP contribution >= 0.6 is 0 Å². The Morgan fingerprint density at radius 2 is 2.33 bits per heavy atom. The minimum absolute atomic E-state index is 0.818. The summed E-state index contributed by atoms with van der Waals surface area (Å²) in [5.41, 5.74) is 12.3. The van der Waals surface area contributed by atoms with E-state index in [4.69, 9.17) is 11.5 Å². The molecule has 0 aliphatic rings. The summed E-state index contributed by atoms with van der Waals surface area (Å²) in [5, 5.41) is 4.16. The van der Waals surface area contributed by atoms with E-state index < -0.39 is 0 Å². The van der Waals surface area contributed by atoms with Gasteiger partial charge in [-0.2, -0.15) is 5.10 Å². The Kier molecular flexibility index (Phi) is 2.53. The van der Waals surface area contributed by atoms with Gasteiger partial charge in [0, 0.05) is 25.0 Å². The SMILES string of the molecule is Cn1ccc(C(/C=C\N)=C/N)n1. The number of rotatable bonds is 2. The van der Waals surface area contributed by atoms with E-state index in [0.717, 1.165) is 11.3 Å². The van der Waals surface area contributed by atoms with Crippen LogP contribution in [-0.4, -0.2) is 9.78 Å². The summed E-state index contributed by atoms with van der Waals surface area (Å²) < 4.78 is 1.71. The zero-order valence-electron chi connectivity index (χ0n) is 6.94. The van der Waals surface area contributed by atoms with E-state index in [9.17, 15) is 0 Å². The van der Waals surface area contributed by atoms with Crippen molar-refractivity contribution in [3.63, 3.8) is 0 Å². The van der Waals surface area contributed by atoms with Gasteiger partial charge in [0.05, 0.1) is 5.69 Å². The number of aromatic nitrogens is 2. The molecule has 4 N–H and O–H groups in total. The quantitative estimate of drug-likeness (QED) is 0.613. The molecule has 1 rings (SSSR count). The maximum absolute atomic E-state index is 5.38. The predicted octanol–water partition coefficient (Wildman–Crippen LogP) is 0.192. The summed E-state index contributed by atoms with van der Waals surface area (Å²) in [4.78, 5) is 0. The van der Waals surface area contributed by atoms with Crippen LogP contribution in [0.15, 0.2) is 30.7 Å². The van der Waals surface area contributed by atoms with E-state index in [1.54, 1.807) is 10.8 Å². The topological polar surface area (TPSA) is 69.9 Å².